The zero-order valence-corrected chi connectivity index (χ0v) is 21.5. The molecule has 1 fully saturated rings. The summed E-state index contributed by atoms with van der Waals surface area (Å²) in [6.07, 6.45) is 2.87. The van der Waals surface area contributed by atoms with E-state index in [0.717, 1.165) is 27.7 Å². The highest BCUT2D eigenvalue weighted by Gasteiger charge is 2.26. The number of hydrogen-bond donors (Lipinski definition) is 2. The number of ether oxygens (including phenoxy) is 1. The highest BCUT2D eigenvalue weighted by atomic mass is 19.4. The van der Waals surface area contributed by atoms with Crippen molar-refractivity contribution in [2.75, 3.05) is 11.9 Å². The number of amides is 1. The molecular weight excluding hydrogens is 517 g/mol. The lowest BCUT2D eigenvalue weighted by Crippen LogP contribution is -2.12. The molecule has 5 aromatic rings. The van der Waals surface area contributed by atoms with E-state index in [1.165, 1.54) is 18.4 Å². The third-order valence-electron chi connectivity index (χ3n) is 7.02. The van der Waals surface area contributed by atoms with Gasteiger partial charge in [0, 0.05) is 40.8 Å². The Morgan fingerprint density at radius 2 is 1.88 bits per heavy atom. The first-order valence-corrected chi connectivity index (χ1v) is 13.2. The number of benzene rings is 3. The number of carbonyl (C=O) groups is 1. The molecule has 3 aromatic carbocycles. The summed E-state index contributed by atoms with van der Waals surface area (Å²) in [6.45, 7) is -0.0471. The van der Waals surface area contributed by atoms with Crippen molar-refractivity contribution in [3.63, 3.8) is 0 Å². The van der Waals surface area contributed by atoms with Crippen LogP contribution >= 0.6 is 0 Å². The summed E-state index contributed by atoms with van der Waals surface area (Å²) in [4.78, 5) is 16.1. The van der Waals surface area contributed by atoms with Crippen LogP contribution in [0, 0.1) is 0 Å². The molecular formula is C31H27F3N4O2. The Bertz CT molecular complexity index is 1650. The molecule has 40 heavy (non-hydrogen) atoms. The first-order valence-electron chi connectivity index (χ1n) is 13.2. The SMILES string of the molecule is O=C(Nc1c[nH]c2ccc(-c3cnn(-c4cccc(C5CC5)c4)c3)cc12)c1ccc(OCCCC(F)(F)F)cc1. The molecule has 0 unspecified atom stereocenters. The average Bonchev–Trinajstić information content (AvgIpc) is 3.56. The number of fused-ring (bicyclic) bond motifs is 1. The van der Waals surface area contributed by atoms with E-state index in [9.17, 15) is 18.0 Å². The van der Waals surface area contributed by atoms with E-state index in [4.69, 9.17) is 4.74 Å². The molecule has 9 heteroatoms. The summed E-state index contributed by atoms with van der Waals surface area (Å²) in [5.74, 6) is 0.774. The molecule has 0 saturated heterocycles. The van der Waals surface area contributed by atoms with Crippen LogP contribution in [-0.2, 0) is 0 Å². The highest BCUT2D eigenvalue weighted by Crippen LogP contribution is 2.40. The van der Waals surface area contributed by atoms with Crippen molar-refractivity contribution in [1.29, 1.82) is 0 Å². The molecule has 2 N–H and O–H groups in total. The van der Waals surface area contributed by atoms with Crippen LogP contribution < -0.4 is 10.1 Å². The largest absolute Gasteiger partial charge is 0.494 e. The standard InChI is InChI=1S/C31H27F3N4O2/c32-31(33,34)13-2-14-40-26-10-7-21(8-11-26)30(39)37-29-18-35-28-12-9-23(16-27(28)29)24-17-36-38(19-24)25-4-1-3-22(15-25)20-5-6-20/h1,3-4,7-12,15-20,35H,2,5-6,13-14H2,(H,37,39). The third-order valence-corrected chi connectivity index (χ3v) is 7.02. The van der Waals surface area contributed by atoms with Crippen LogP contribution in [-0.4, -0.2) is 33.5 Å². The Morgan fingerprint density at radius 1 is 1.05 bits per heavy atom. The van der Waals surface area contributed by atoms with Crippen LogP contribution in [0.5, 0.6) is 5.75 Å². The van der Waals surface area contributed by atoms with Gasteiger partial charge in [-0.15, -0.1) is 0 Å². The van der Waals surface area contributed by atoms with Crippen molar-refractivity contribution >= 4 is 22.5 Å². The summed E-state index contributed by atoms with van der Waals surface area (Å²) >= 11 is 0. The first kappa shape index (κ1) is 25.7. The molecule has 2 heterocycles. The zero-order valence-electron chi connectivity index (χ0n) is 21.5. The number of carbonyl (C=O) groups excluding carboxylic acids is 1. The molecule has 1 aliphatic rings. The second-order valence-electron chi connectivity index (χ2n) is 10.1. The minimum atomic E-state index is -4.20. The van der Waals surface area contributed by atoms with Crippen LogP contribution in [0.25, 0.3) is 27.7 Å². The fraction of sp³-hybridized carbons (Fsp3) is 0.226. The number of halogens is 3. The summed E-state index contributed by atoms with van der Waals surface area (Å²) in [5, 5.41) is 8.39. The number of anilines is 1. The molecule has 0 radical (unpaired) electrons. The van der Waals surface area contributed by atoms with Crippen molar-refractivity contribution < 1.29 is 22.7 Å². The number of nitrogens with one attached hydrogen (secondary N) is 2. The lowest BCUT2D eigenvalue weighted by Gasteiger charge is -2.09. The predicted molar refractivity (Wildman–Crippen MR) is 148 cm³/mol. The third kappa shape index (κ3) is 5.88. The van der Waals surface area contributed by atoms with Crippen LogP contribution in [0.2, 0.25) is 0 Å². The molecule has 0 aliphatic heterocycles. The van der Waals surface area contributed by atoms with Gasteiger partial charge in [-0.1, -0.05) is 18.2 Å². The maximum Gasteiger partial charge on any atom is 0.389 e. The number of hydrogen-bond acceptors (Lipinski definition) is 3. The Morgan fingerprint density at radius 3 is 2.65 bits per heavy atom. The normalized spacial score (nSPS) is 13.5. The summed E-state index contributed by atoms with van der Waals surface area (Å²) in [6, 6.07) is 20.8. The maximum atomic E-state index is 12.9. The van der Waals surface area contributed by atoms with Gasteiger partial charge in [0.05, 0.1) is 24.2 Å². The smallest absolute Gasteiger partial charge is 0.389 e. The fourth-order valence-electron chi connectivity index (χ4n) is 4.71. The minimum Gasteiger partial charge on any atom is -0.494 e. The van der Waals surface area contributed by atoms with Gasteiger partial charge in [-0.25, -0.2) is 4.68 Å². The van der Waals surface area contributed by atoms with Gasteiger partial charge < -0.3 is 15.0 Å². The van der Waals surface area contributed by atoms with Gasteiger partial charge >= 0.3 is 6.18 Å². The number of aromatic amines is 1. The van der Waals surface area contributed by atoms with Crippen molar-refractivity contribution in [3.8, 4) is 22.6 Å². The van der Waals surface area contributed by atoms with Gasteiger partial charge in [-0.3, -0.25) is 4.79 Å². The Labute approximate surface area is 228 Å². The summed E-state index contributed by atoms with van der Waals surface area (Å²) in [7, 11) is 0. The van der Waals surface area contributed by atoms with Gasteiger partial charge in [-0.2, -0.15) is 18.3 Å². The quantitative estimate of drug-likeness (QED) is 0.186. The van der Waals surface area contributed by atoms with E-state index in [1.807, 2.05) is 35.3 Å². The Balaban J connectivity index is 1.14. The molecule has 0 bridgehead atoms. The molecule has 1 aliphatic carbocycles. The lowest BCUT2D eigenvalue weighted by molar-refractivity contribution is -0.136. The number of H-pyrrole nitrogens is 1. The van der Waals surface area contributed by atoms with Gasteiger partial charge in [-0.05, 0) is 84.8 Å². The zero-order chi connectivity index (χ0) is 27.7. The predicted octanol–water partition coefficient (Wildman–Crippen LogP) is 7.87. The Hall–Kier alpha value is -4.53. The van der Waals surface area contributed by atoms with Crippen LogP contribution in [0.4, 0.5) is 18.9 Å². The van der Waals surface area contributed by atoms with Crippen molar-refractivity contribution in [2.45, 2.75) is 37.8 Å². The number of rotatable bonds is 9. The number of aromatic nitrogens is 3. The summed E-state index contributed by atoms with van der Waals surface area (Å²) in [5.41, 5.74) is 6.24. The molecule has 6 rings (SSSR count). The molecule has 1 saturated carbocycles. The monoisotopic (exact) mass is 544 g/mol. The van der Waals surface area contributed by atoms with Crippen LogP contribution in [0.15, 0.2) is 85.3 Å². The van der Waals surface area contributed by atoms with E-state index >= 15 is 0 Å². The second-order valence-corrected chi connectivity index (χ2v) is 10.1. The molecule has 1 amide bonds. The van der Waals surface area contributed by atoms with E-state index in [0.29, 0.717) is 22.9 Å². The van der Waals surface area contributed by atoms with Gasteiger partial charge in [0.15, 0.2) is 0 Å². The molecule has 0 spiro atoms. The molecule has 0 atom stereocenters. The van der Waals surface area contributed by atoms with Crippen molar-refractivity contribution in [2.24, 2.45) is 0 Å². The number of nitrogens with zero attached hydrogens (tertiary/aromatic N) is 2. The average molecular weight is 545 g/mol. The molecule has 2 aromatic heterocycles. The van der Waals surface area contributed by atoms with Crippen LogP contribution in [0.1, 0.15) is 47.5 Å². The maximum absolute atomic E-state index is 12.9. The second kappa shape index (κ2) is 10.6. The molecule has 204 valence electrons. The number of alkyl halides is 3. The van der Waals surface area contributed by atoms with Crippen molar-refractivity contribution in [3.05, 3.63) is 96.4 Å². The van der Waals surface area contributed by atoms with E-state index in [1.54, 1.807) is 30.5 Å². The highest BCUT2D eigenvalue weighted by molar-refractivity contribution is 6.09. The van der Waals surface area contributed by atoms with E-state index in [-0.39, 0.29) is 18.9 Å². The van der Waals surface area contributed by atoms with Crippen LogP contribution in [0.3, 0.4) is 0 Å². The van der Waals surface area contributed by atoms with Crippen molar-refractivity contribution in [1.82, 2.24) is 14.8 Å². The summed E-state index contributed by atoms with van der Waals surface area (Å²) < 4.78 is 44.1. The van der Waals surface area contributed by atoms with E-state index < -0.39 is 12.6 Å². The minimum absolute atomic E-state index is 0.0471. The first-order chi connectivity index (χ1) is 19.3. The van der Waals surface area contributed by atoms with Gasteiger partial charge in [0.1, 0.15) is 5.75 Å². The topological polar surface area (TPSA) is 71.9 Å². The molecule has 6 nitrogen and oxygen atoms in total. The lowest BCUT2D eigenvalue weighted by atomic mass is 10.1. The van der Waals surface area contributed by atoms with Gasteiger partial charge in [0.25, 0.3) is 5.91 Å². The fourth-order valence-corrected chi connectivity index (χ4v) is 4.71. The van der Waals surface area contributed by atoms with E-state index in [2.05, 4.69) is 39.7 Å². The Kier molecular flexibility index (Phi) is 6.79. The van der Waals surface area contributed by atoms with Gasteiger partial charge in [0.2, 0.25) is 0 Å².